The van der Waals surface area contributed by atoms with Crippen LogP contribution in [0.4, 0.5) is 0 Å². The van der Waals surface area contributed by atoms with E-state index in [0.29, 0.717) is 105 Å². The van der Waals surface area contributed by atoms with Gasteiger partial charge in [0.15, 0.2) is 0 Å². The lowest BCUT2D eigenvalue weighted by Gasteiger charge is -2.28. The molecule has 0 atom stereocenters. The summed E-state index contributed by atoms with van der Waals surface area (Å²) < 4.78 is 43.0. The molecule has 44 heavy (non-hydrogen) atoms. The molecule has 1 aromatic carbocycles. The number of phenolic OH excluding ortho intramolecular Hbond substituents is 1. The second-order valence-corrected chi connectivity index (χ2v) is 12.3. The first-order chi connectivity index (χ1) is 21.0. The number of phenols is 1. The van der Waals surface area contributed by atoms with Crippen molar-refractivity contribution in [2.75, 3.05) is 106 Å². The van der Waals surface area contributed by atoms with Gasteiger partial charge in [0.05, 0.1) is 99.1 Å². The van der Waals surface area contributed by atoms with Gasteiger partial charge in [-0.05, 0) is 33.9 Å². The van der Waals surface area contributed by atoms with Crippen molar-refractivity contribution in [3.8, 4) is 5.75 Å². The number of rotatable bonds is 26. The standard InChI is InChI=1S/C33H58O11/c1-32(2,3)28-25-27(26-29(31(28)36)33(4,5)6)7-8-30(35)44-24-23-43-22-21-42-20-19-41-18-17-40-16-15-39-14-13-38-12-11-37-10-9-34/h25-26,34,36H,7-24H2,1-6H3. The third-order valence-electron chi connectivity index (χ3n) is 6.36. The zero-order valence-electron chi connectivity index (χ0n) is 28.0. The van der Waals surface area contributed by atoms with Gasteiger partial charge >= 0.3 is 5.97 Å². The van der Waals surface area contributed by atoms with E-state index in [2.05, 4.69) is 41.5 Å². The average Bonchev–Trinajstić information content (AvgIpc) is 2.95. The van der Waals surface area contributed by atoms with Crippen molar-refractivity contribution in [2.45, 2.75) is 65.2 Å². The Labute approximate surface area is 264 Å². The van der Waals surface area contributed by atoms with Crippen LogP contribution in [0.2, 0.25) is 0 Å². The van der Waals surface area contributed by atoms with Crippen LogP contribution >= 0.6 is 0 Å². The Hall–Kier alpha value is -1.83. The first kappa shape index (κ1) is 40.2. The van der Waals surface area contributed by atoms with E-state index in [4.69, 9.17) is 43.0 Å². The Bertz CT molecular complexity index is 842. The van der Waals surface area contributed by atoms with Crippen molar-refractivity contribution in [1.29, 1.82) is 0 Å². The predicted molar refractivity (Wildman–Crippen MR) is 168 cm³/mol. The van der Waals surface area contributed by atoms with E-state index >= 15 is 0 Å². The van der Waals surface area contributed by atoms with Gasteiger partial charge in [-0.2, -0.15) is 0 Å². The highest BCUT2D eigenvalue weighted by atomic mass is 16.6. The molecule has 2 N–H and O–H groups in total. The molecule has 0 fully saturated rings. The summed E-state index contributed by atoms with van der Waals surface area (Å²) in [7, 11) is 0. The average molecular weight is 631 g/mol. The molecule has 0 radical (unpaired) electrons. The molecule has 0 spiro atoms. The second-order valence-electron chi connectivity index (χ2n) is 12.3. The lowest BCUT2D eigenvalue weighted by molar-refractivity contribution is -0.145. The van der Waals surface area contributed by atoms with Crippen LogP contribution in [0, 0.1) is 0 Å². The predicted octanol–water partition coefficient (Wildman–Crippen LogP) is 3.57. The Morgan fingerprint density at radius 1 is 0.568 bits per heavy atom. The van der Waals surface area contributed by atoms with Gasteiger partial charge in [-0.25, -0.2) is 0 Å². The molecule has 11 heteroatoms. The van der Waals surface area contributed by atoms with E-state index in [-0.39, 0.29) is 36.4 Å². The fourth-order valence-corrected chi connectivity index (χ4v) is 4.00. The number of aromatic hydroxyl groups is 1. The zero-order chi connectivity index (χ0) is 32.7. The summed E-state index contributed by atoms with van der Waals surface area (Å²) in [4.78, 5) is 12.3. The van der Waals surface area contributed by atoms with Crippen LogP contribution in [0.15, 0.2) is 12.1 Å². The molecule has 0 saturated carbocycles. The number of ether oxygens (including phenoxy) is 8. The van der Waals surface area contributed by atoms with Crippen LogP contribution in [0.5, 0.6) is 5.75 Å². The molecular weight excluding hydrogens is 572 g/mol. The number of aliphatic hydroxyl groups excluding tert-OH is 1. The summed E-state index contributed by atoms with van der Waals surface area (Å²) in [6.45, 7) is 18.9. The Morgan fingerprint density at radius 2 is 0.886 bits per heavy atom. The van der Waals surface area contributed by atoms with Gasteiger partial charge in [-0.3, -0.25) is 4.79 Å². The summed E-state index contributed by atoms with van der Waals surface area (Å²) in [6.07, 6.45) is 0.809. The molecule has 0 aliphatic carbocycles. The minimum absolute atomic E-state index is 0.0184. The van der Waals surface area contributed by atoms with Gasteiger partial charge in [-0.15, -0.1) is 0 Å². The molecule has 0 aromatic heterocycles. The van der Waals surface area contributed by atoms with E-state index in [1.807, 2.05) is 12.1 Å². The number of carbonyl (C=O) groups excluding carboxylic acids is 1. The fourth-order valence-electron chi connectivity index (χ4n) is 4.00. The van der Waals surface area contributed by atoms with E-state index in [0.717, 1.165) is 16.7 Å². The lowest BCUT2D eigenvalue weighted by atomic mass is 9.78. The minimum Gasteiger partial charge on any atom is -0.507 e. The van der Waals surface area contributed by atoms with Crippen LogP contribution in [0.25, 0.3) is 0 Å². The number of hydrogen-bond donors (Lipinski definition) is 2. The number of carbonyl (C=O) groups is 1. The topological polar surface area (TPSA) is 131 Å². The van der Waals surface area contributed by atoms with Crippen molar-refractivity contribution in [3.05, 3.63) is 28.8 Å². The molecule has 0 heterocycles. The number of hydrogen-bond acceptors (Lipinski definition) is 11. The van der Waals surface area contributed by atoms with E-state index in [1.54, 1.807) is 0 Å². The maximum absolute atomic E-state index is 12.3. The SMILES string of the molecule is CC(C)(C)c1cc(CCC(=O)OCCOCCOCCOCCOCCOCCOCCOCCO)cc(C(C)(C)C)c1O. The number of aryl methyl sites for hydroxylation is 1. The normalized spacial score (nSPS) is 12.2. The zero-order valence-corrected chi connectivity index (χ0v) is 28.0. The van der Waals surface area contributed by atoms with Crippen molar-refractivity contribution in [3.63, 3.8) is 0 Å². The number of esters is 1. The Morgan fingerprint density at radius 3 is 1.20 bits per heavy atom. The van der Waals surface area contributed by atoms with Crippen LogP contribution in [0.1, 0.15) is 64.7 Å². The van der Waals surface area contributed by atoms with Gasteiger partial charge in [0.1, 0.15) is 12.4 Å². The van der Waals surface area contributed by atoms with Gasteiger partial charge in [0.25, 0.3) is 0 Å². The molecule has 0 aliphatic heterocycles. The minimum atomic E-state index is -0.274. The van der Waals surface area contributed by atoms with Crippen LogP contribution < -0.4 is 0 Å². The van der Waals surface area contributed by atoms with Crippen LogP contribution in [-0.4, -0.2) is 122 Å². The summed E-state index contributed by atoms with van der Waals surface area (Å²) >= 11 is 0. The van der Waals surface area contributed by atoms with E-state index < -0.39 is 0 Å². The number of aliphatic hydroxyl groups is 1. The third kappa shape index (κ3) is 19.5. The molecule has 0 aliphatic rings. The first-order valence-electron chi connectivity index (χ1n) is 15.6. The van der Waals surface area contributed by atoms with Crippen molar-refractivity contribution >= 4 is 5.97 Å². The highest BCUT2D eigenvalue weighted by Crippen LogP contribution is 2.40. The van der Waals surface area contributed by atoms with E-state index in [9.17, 15) is 9.90 Å². The van der Waals surface area contributed by atoms with E-state index in [1.165, 1.54) is 0 Å². The Kier molecular flexibility index (Phi) is 21.5. The largest absolute Gasteiger partial charge is 0.507 e. The summed E-state index contributed by atoms with van der Waals surface area (Å²) in [6, 6.07) is 4.00. The quantitative estimate of drug-likeness (QED) is 0.115. The lowest BCUT2D eigenvalue weighted by Crippen LogP contribution is -2.18. The fraction of sp³-hybridized carbons (Fsp3) is 0.788. The van der Waals surface area contributed by atoms with Gasteiger partial charge in [-0.1, -0.05) is 53.7 Å². The third-order valence-corrected chi connectivity index (χ3v) is 6.36. The molecule has 1 rings (SSSR count). The summed E-state index contributed by atoms with van der Waals surface area (Å²) in [5, 5.41) is 19.5. The molecule has 11 nitrogen and oxygen atoms in total. The molecule has 1 aromatic rings. The highest BCUT2D eigenvalue weighted by molar-refractivity contribution is 5.69. The van der Waals surface area contributed by atoms with Crippen molar-refractivity contribution < 1.29 is 52.9 Å². The molecule has 256 valence electrons. The maximum atomic E-state index is 12.3. The molecule has 0 saturated heterocycles. The molecular formula is C33H58O11. The van der Waals surface area contributed by atoms with Gasteiger partial charge in [0.2, 0.25) is 0 Å². The maximum Gasteiger partial charge on any atom is 0.306 e. The molecule has 0 bridgehead atoms. The Balaban J connectivity index is 1.98. The van der Waals surface area contributed by atoms with Gasteiger partial charge in [0, 0.05) is 6.42 Å². The summed E-state index contributed by atoms with van der Waals surface area (Å²) in [5.74, 6) is 0.0642. The number of benzene rings is 1. The highest BCUT2D eigenvalue weighted by Gasteiger charge is 2.26. The van der Waals surface area contributed by atoms with Gasteiger partial charge < -0.3 is 48.1 Å². The monoisotopic (exact) mass is 630 g/mol. The van der Waals surface area contributed by atoms with Crippen LogP contribution in [0.3, 0.4) is 0 Å². The summed E-state index contributed by atoms with van der Waals surface area (Å²) in [5.41, 5.74) is 2.37. The van der Waals surface area contributed by atoms with Crippen molar-refractivity contribution in [1.82, 2.24) is 0 Å². The smallest absolute Gasteiger partial charge is 0.306 e. The van der Waals surface area contributed by atoms with Crippen molar-refractivity contribution in [2.24, 2.45) is 0 Å². The second kappa shape index (κ2) is 23.5. The molecule has 0 amide bonds. The molecule has 0 unspecified atom stereocenters. The van der Waals surface area contributed by atoms with Crippen LogP contribution in [-0.2, 0) is 59.9 Å². The first-order valence-corrected chi connectivity index (χ1v) is 15.6.